The monoisotopic (exact) mass is 269 g/mol. The van der Waals surface area contributed by atoms with Crippen LogP contribution >= 0.6 is 0 Å². The highest BCUT2D eigenvalue weighted by Gasteiger charge is 2.35. The Morgan fingerprint density at radius 3 is 2.67 bits per heavy atom. The van der Waals surface area contributed by atoms with Crippen molar-refractivity contribution in [3.8, 4) is 0 Å². The van der Waals surface area contributed by atoms with Crippen molar-refractivity contribution in [2.24, 2.45) is 5.92 Å². The maximum absolute atomic E-state index is 11.6. The SMILES string of the molecule is CCC1CC1Nc1ccc(S(=O)(=O)NC)cc1N. The van der Waals surface area contributed by atoms with Crippen LogP contribution in [0.1, 0.15) is 19.8 Å². The van der Waals surface area contributed by atoms with Crippen LogP contribution in [0.3, 0.4) is 0 Å². The topological polar surface area (TPSA) is 84.2 Å². The minimum absolute atomic E-state index is 0.191. The van der Waals surface area contributed by atoms with Crippen LogP contribution in [-0.2, 0) is 10.0 Å². The summed E-state index contributed by atoms with van der Waals surface area (Å²) in [7, 11) is -2.04. The van der Waals surface area contributed by atoms with Gasteiger partial charge in [-0.2, -0.15) is 0 Å². The highest BCUT2D eigenvalue weighted by atomic mass is 32.2. The third-order valence-electron chi connectivity index (χ3n) is 3.39. The lowest BCUT2D eigenvalue weighted by Gasteiger charge is -2.10. The van der Waals surface area contributed by atoms with Gasteiger partial charge in [0.05, 0.1) is 16.3 Å². The van der Waals surface area contributed by atoms with Gasteiger partial charge in [0.1, 0.15) is 0 Å². The molecule has 0 radical (unpaired) electrons. The second-order valence-electron chi connectivity index (χ2n) is 4.61. The van der Waals surface area contributed by atoms with E-state index >= 15 is 0 Å². The van der Waals surface area contributed by atoms with E-state index in [1.807, 2.05) is 0 Å². The van der Waals surface area contributed by atoms with E-state index in [0.717, 1.165) is 18.5 Å². The lowest BCUT2D eigenvalue weighted by molar-refractivity contribution is 0.588. The van der Waals surface area contributed by atoms with Crippen LogP contribution in [0.4, 0.5) is 11.4 Å². The molecule has 1 aromatic rings. The summed E-state index contributed by atoms with van der Waals surface area (Å²) < 4.78 is 25.5. The van der Waals surface area contributed by atoms with Crippen LogP contribution in [0.2, 0.25) is 0 Å². The normalized spacial score (nSPS) is 22.8. The highest BCUT2D eigenvalue weighted by molar-refractivity contribution is 7.89. The van der Waals surface area contributed by atoms with Gasteiger partial charge < -0.3 is 11.1 Å². The van der Waals surface area contributed by atoms with Crippen molar-refractivity contribution in [2.75, 3.05) is 18.1 Å². The molecule has 0 saturated heterocycles. The third-order valence-corrected chi connectivity index (χ3v) is 4.80. The van der Waals surface area contributed by atoms with Crippen molar-refractivity contribution >= 4 is 21.4 Å². The number of sulfonamides is 1. The maximum atomic E-state index is 11.6. The average Bonchev–Trinajstić information content (AvgIpc) is 3.10. The molecule has 1 aliphatic rings. The van der Waals surface area contributed by atoms with Gasteiger partial charge in [0.2, 0.25) is 10.0 Å². The number of nitrogen functional groups attached to an aromatic ring is 1. The highest BCUT2D eigenvalue weighted by Crippen LogP contribution is 2.37. The summed E-state index contributed by atoms with van der Waals surface area (Å²) >= 11 is 0. The molecule has 18 heavy (non-hydrogen) atoms. The fourth-order valence-corrected chi connectivity index (χ4v) is 2.80. The van der Waals surface area contributed by atoms with E-state index in [4.69, 9.17) is 5.73 Å². The molecule has 1 aromatic carbocycles. The summed E-state index contributed by atoms with van der Waals surface area (Å²) in [5.74, 6) is 0.713. The number of nitrogens with one attached hydrogen (secondary N) is 2. The molecule has 2 atom stereocenters. The van der Waals surface area contributed by atoms with Crippen molar-refractivity contribution in [3.05, 3.63) is 18.2 Å². The Kier molecular flexibility index (Phi) is 3.49. The molecule has 0 aromatic heterocycles. The van der Waals surface area contributed by atoms with Gasteiger partial charge in [-0.25, -0.2) is 13.1 Å². The molecule has 2 rings (SSSR count). The zero-order valence-electron chi connectivity index (χ0n) is 10.6. The lowest BCUT2D eigenvalue weighted by Crippen LogP contribution is -2.19. The van der Waals surface area contributed by atoms with Crippen LogP contribution in [0.15, 0.2) is 23.1 Å². The molecule has 0 spiro atoms. The summed E-state index contributed by atoms with van der Waals surface area (Å²) in [5.41, 5.74) is 7.16. The quantitative estimate of drug-likeness (QED) is 0.705. The van der Waals surface area contributed by atoms with E-state index in [0.29, 0.717) is 17.6 Å². The van der Waals surface area contributed by atoms with Gasteiger partial charge in [-0.1, -0.05) is 13.3 Å². The molecule has 1 saturated carbocycles. The maximum Gasteiger partial charge on any atom is 0.240 e. The predicted molar refractivity (Wildman–Crippen MR) is 72.9 cm³/mol. The Balaban J connectivity index is 2.16. The smallest absolute Gasteiger partial charge is 0.240 e. The summed E-state index contributed by atoms with van der Waals surface area (Å²) in [4.78, 5) is 0.191. The number of rotatable bonds is 5. The van der Waals surface area contributed by atoms with Crippen LogP contribution < -0.4 is 15.8 Å². The van der Waals surface area contributed by atoms with E-state index in [9.17, 15) is 8.42 Å². The summed E-state index contributed by atoms with van der Waals surface area (Å²) in [6.45, 7) is 2.16. The lowest BCUT2D eigenvalue weighted by atomic mass is 10.2. The first kappa shape index (κ1) is 13.2. The molecule has 1 aliphatic carbocycles. The molecule has 0 aliphatic heterocycles. The fourth-order valence-electron chi connectivity index (χ4n) is 2.03. The average molecular weight is 269 g/mol. The van der Waals surface area contributed by atoms with Crippen molar-refractivity contribution in [3.63, 3.8) is 0 Å². The molecule has 0 heterocycles. The van der Waals surface area contributed by atoms with Crippen LogP contribution in [0.25, 0.3) is 0 Å². The molecule has 100 valence electrons. The van der Waals surface area contributed by atoms with E-state index in [1.54, 1.807) is 12.1 Å². The third kappa shape index (κ3) is 2.59. The Morgan fingerprint density at radius 2 is 2.17 bits per heavy atom. The summed E-state index contributed by atoms with van der Waals surface area (Å²) in [5, 5.41) is 3.34. The van der Waals surface area contributed by atoms with E-state index in [2.05, 4.69) is 17.0 Å². The standard InChI is InChI=1S/C12H19N3O2S/c1-3-8-6-12(8)15-11-5-4-9(7-10(11)13)18(16,17)14-2/h4-5,7-8,12,14-15H,3,6,13H2,1-2H3. The van der Waals surface area contributed by atoms with Gasteiger partial charge in [0.25, 0.3) is 0 Å². The molecule has 1 fully saturated rings. The van der Waals surface area contributed by atoms with Crippen LogP contribution in [0.5, 0.6) is 0 Å². The molecule has 4 N–H and O–H groups in total. The molecular weight excluding hydrogens is 250 g/mol. The Morgan fingerprint density at radius 1 is 1.44 bits per heavy atom. The Labute approximate surface area is 108 Å². The molecule has 2 unspecified atom stereocenters. The minimum atomic E-state index is -3.42. The van der Waals surface area contributed by atoms with E-state index in [1.165, 1.54) is 13.1 Å². The van der Waals surface area contributed by atoms with Gasteiger partial charge >= 0.3 is 0 Å². The minimum Gasteiger partial charge on any atom is -0.397 e. The van der Waals surface area contributed by atoms with Crippen molar-refractivity contribution < 1.29 is 8.42 Å². The van der Waals surface area contributed by atoms with Crippen molar-refractivity contribution in [1.29, 1.82) is 0 Å². The van der Waals surface area contributed by atoms with Gasteiger partial charge in [0.15, 0.2) is 0 Å². The largest absolute Gasteiger partial charge is 0.397 e. The summed E-state index contributed by atoms with van der Waals surface area (Å²) in [6, 6.07) is 5.25. The Hall–Kier alpha value is -1.27. The molecule has 0 bridgehead atoms. The first-order chi connectivity index (χ1) is 8.47. The molecule has 0 amide bonds. The van der Waals surface area contributed by atoms with Gasteiger partial charge in [0, 0.05) is 6.04 Å². The van der Waals surface area contributed by atoms with Crippen molar-refractivity contribution in [2.45, 2.75) is 30.7 Å². The zero-order chi connectivity index (χ0) is 13.3. The molecule has 6 heteroatoms. The van der Waals surface area contributed by atoms with E-state index in [-0.39, 0.29) is 4.90 Å². The van der Waals surface area contributed by atoms with Crippen LogP contribution in [-0.4, -0.2) is 21.5 Å². The fraction of sp³-hybridized carbons (Fsp3) is 0.500. The van der Waals surface area contributed by atoms with Gasteiger partial charge in [-0.3, -0.25) is 0 Å². The number of nitrogens with two attached hydrogens (primary N) is 1. The number of hydrogen-bond acceptors (Lipinski definition) is 4. The molecule has 5 nitrogen and oxygen atoms in total. The first-order valence-electron chi connectivity index (χ1n) is 6.07. The summed E-state index contributed by atoms with van der Waals surface area (Å²) in [6.07, 6.45) is 2.32. The Bertz CT molecular complexity index is 542. The first-order valence-corrected chi connectivity index (χ1v) is 7.56. The van der Waals surface area contributed by atoms with Crippen LogP contribution in [0, 0.1) is 5.92 Å². The number of hydrogen-bond donors (Lipinski definition) is 3. The zero-order valence-corrected chi connectivity index (χ0v) is 11.4. The van der Waals surface area contributed by atoms with E-state index < -0.39 is 10.0 Å². The van der Waals surface area contributed by atoms with Crippen molar-refractivity contribution in [1.82, 2.24) is 4.72 Å². The predicted octanol–water partition coefficient (Wildman–Crippen LogP) is 1.39. The van der Waals surface area contributed by atoms with Gasteiger partial charge in [-0.15, -0.1) is 0 Å². The number of anilines is 2. The second-order valence-corrected chi connectivity index (χ2v) is 6.50. The second kappa shape index (κ2) is 4.78. The molecular formula is C12H19N3O2S. The van der Waals surface area contributed by atoms with Gasteiger partial charge in [-0.05, 0) is 37.6 Å². The number of benzene rings is 1.